The third-order valence-electron chi connectivity index (χ3n) is 2.32. The number of nitrogen functional groups attached to an aromatic ring is 1. The van der Waals surface area contributed by atoms with Gasteiger partial charge in [0.15, 0.2) is 0 Å². The Balaban J connectivity index is 2.00. The smallest absolute Gasteiger partial charge is 0.268 e. The number of amides is 1. The molecule has 3 N–H and O–H groups in total. The maximum atomic E-state index is 11.2. The molecule has 1 aromatic heterocycles. The summed E-state index contributed by atoms with van der Waals surface area (Å²) >= 11 is 11.6. The Labute approximate surface area is 119 Å². The number of nitrogens with two attached hydrogens (primary N) is 1. The van der Waals surface area contributed by atoms with Crippen LogP contribution in [0.3, 0.4) is 0 Å². The molecule has 7 heteroatoms. The van der Waals surface area contributed by atoms with Crippen molar-refractivity contribution in [1.82, 2.24) is 5.43 Å². The molecule has 0 aliphatic heterocycles. The molecule has 0 bridgehead atoms. The van der Waals surface area contributed by atoms with E-state index in [1.165, 1.54) is 6.26 Å². The minimum Gasteiger partial charge on any atom is -0.486 e. The predicted molar refractivity (Wildman–Crippen MR) is 71.2 cm³/mol. The zero-order chi connectivity index (χ0) is 13.8. The van der Waals surface area contributed by atoms with Gasteiger partial charge in [0, 0.05) is 6.07 Å². The zero-order valence-electron chi connectivity index (χ0n) is 9.65. The molecule has 0 aliphatic rings. The van der Waals surface area contributed by atoms with E-state index in [0.717, 1.165) is 0 Å². The van der Waals surface area contributed by atoms with Gasteiger partial charge in [-0.2, -0.15) is 0 Å². The van der Waals surface area contributed by atoms with E-state index in [1.54, 1.807) is 24.3 Å². The van der Waals surface area contributed by atoms with Crippen LogP contribution in [0.4, 0.5) is 0 Å². The summed E-state index contributed by atoms with van der Waals surface area (Å²) in [5, 5.41) is 0.857. The second kappa shape index (κ2) is 5.97. The van der Waals surface area contributed by atoms with Gasteiger partial charge in [-0.15, -0.1) is 0 Å². The third-order valence-corrected chi connectivity index (χ3v) is 3.06. The van der Waals surface area contributed by atoms with Crippen LogP contribution in [0.25, 0.3) is 0 Å². The van der Waals surface area contributed by atoms with Crippen molar-refractivity contribution in [1.29, 1.82) is 0 Å². The average molecular weight is 301 g/mol. The number of ether oxygens (including phenoxy) is 1. The average Bonchev–Trinajstić information content (AvgIpc) is 2.88. The molecule has 2 rings (SSSR count). The molecule has 0 atom stereocenters. The highest BCUT2D eigenvalue weighted by Gasteiger charge is 2.09. The lowest BCUT2D eigenvalue weighted by Crippen LogP contribution is -2.29. The van der Waals surface area contributed by atoms with Gasteiger partial charge in [-0.25, -0.2) is 5.84 Å². The number of benzene rings is 1. The number of carbonyl (C=O) groups is 1. The first-order valence-electron chi connectivity index (χ1n) is 5.26. The minimum atomic E-state index is -0.426. The molecule has 0 fully saturated rings. The van der Waals surface area contributed by atoms with Crippen LogP contribution in [-0.2, 0) is 6.61 Å². The highest BCUT2D eigenvalue weighted by atomic mass is 35.5. The van der Waals surface area contributed by atoms with Crippen LogP contribution in [0.5, 0.6) is 5.75 Å². The van der Waals surface area contributed by atoms with E-state index < -0.39 is 5.91 Å². The summed E-state index contributed by atoms with van der Waals surface area (Å²) in [5.74, 6) is 5.63. The summed E-state index contributed by atoms with van der Waals surface area (Å²) in [4.78, 5) is 11.2. The van der Waals surface area contributed by atoms with Crippen LogP contribution in [-0.4, -0.2) is 5.91 Å². The predicted octanol–water partition coefficient (Wildman–Crippen LogP) is 2.77. The van der Waals surface area contributed by atoms with Gasteiger partial charge < -0.3 is 9.15 Å². The summed E-state index contributed by atoms with van der Waals surface area (Å²) in [7, 11) is 0. The Kier molecular flexibility index (Phi) is 4.31. The lowest BCUT2D eigenvalue weighted by molar-refractivity contribution is 0.0953. The first kappa shape index (κ1) is 13.7. The van der Waals surface area contributed by atoms with Crippen molar-refractivity contribution in [3.63, 3.8) is 0 Å². The number of carbonyl (C=O) groups excluding carboxylic acids is 1. The largest absolute Gasteiger partial charge is 0.486 e. The maximum absolute atomic E-state index is 11.2. The number of rotatable bonds is 4. The quantitative estimate of drug-likeness (QED) is 0.517. The first-order chi connectivity index (χ1) is 9.10. The van der Waals surface area contributed by atoms with Gasteiger partial charge >= 0.3 is 0 Å². The maximum Gasteiger partial charge on any atom is 0.268 e. The molecule has 1 amide bonds. The second-order valence-corrected chi connectivity index (χ2v) is 4.45. The normalized spacial score (nSPS) is 10.3. The highest BCUT2D eigenvalue weighted by molar-refractivity contribution is 6.42. The van der Waals surface area contributed by atoms with E-state index in [1.807, 2.05) is 5.43 Å². The standard InChI is InChI=1S/C12H10Cl2N2O3/c13-10-2-1-8(4-11(10)14)19-6-9-3-7(5-18-9)12(17)16-15/h1-5H,6,15H2,(H,16,17). The zero-order valence-corrected chi connectivity index (χ0v) is 11.2. The molecule has 19 heavy (non-hydrogen) atoms. The minimum absolute atomic E-state index is 0.163. The van der Waals surface area contributed by atoms with Gasteiger partial charge in [-0.05, 0) is 18.2 Å². The fourth-order valence-corrected chi connectivity index (χ4v) is 1.67. The fourth-order valence-electron chi connectivity index (χ4n) is 1.38. The number of nitrogens with one attached hydrogen (secondary N) is 1. The highest BCUT2D eigenvalue weighted by Crippen LogP contribution is 2.26. The van der Waals surface area contributed by atoms with Gasteiger partial charge in [0.05, 0.1) is 15.6 Å². The lowest BCUT2D eigenvalue weighted by Gasteiger charge is -2.04. The summed E-state index contributed by atoms with van der Waals surface area (Å²) in [5.41, 5.74) is 2.34. The van der Waals surface area contributed by atoms with Gasteiger partial charge in [0.2, 0.25) is 0 Å². The van der Waals surface area contributed by atoms with Gasteiger partial charge in [0.1, 0.15) is 24.4 Å². The van der Waals surface area contributed by atoms with Crippen LogP contribution >= 0.6 is 23.2 Å². The van der Waals surface area contributed by atoms with E-state index in [9.17, 15) is 4.79 Å². The third kappa shape index (κ3) is 3.41. The Morgan fingerprint density at radius 2 is 2.11 bits per heavy atom. The molecule has 0 unspecified atom stereocenters. The van der Waals surface area contributed by atoms with E-state index in [4.69, 9.17) is 38.2 Å². The van der Waals surface area contributed by atoms with E-state index >= 15 is 0 Å². The second-order valence-electron chi connectivity index (χ2n) is 3.64. The molecule has 0 aliphatic carbocycles. The van der Waals surface area contributed by atoms with Crippen LogP contribution in [0.2, 0.25) is 10.0 Å². The number of hydrazine groups is 1. The summed E-state index contributed by atoms with van der Waals surface area (Å²) in [6, 6.07) is 6.46. The Bertz CT molecular complexity index is 598. The van der Waals surface area contributed by atoms with E-state index in [2.05, 4.69) is 0 Å². The Morgan fingerprint density at radius 3 is 2.79 bits per heavy atom. The van der Waals surface area contributed by atoms with Crippen molar-refractivity contribution in [3.8, 4) is 5.75 Å². The number of furan rings is 1. The Hall–Kier alpha value is -1.69. The number of hydrogen-bond acceptors (Lipinski definition) is 4. The van der Waals surface area contributed by atoms with Crippen molar-refractivity contribution in [2.24, 2.45) is 5.84 Å². The van der Waals surface area contributed by atoms with Crippen LogP contribution < -0.4 is 16.0 Å². The summed E-state index contributed by atoms with van der Waals surface area (Å²) < 4.78 is 10.6. The van der Waals surface area contributed by atoms with Gasteiger partial charge in [-0.1, -0.05) is 23.2 Å². The van der Waals surface area contributed by atoms with Crippen LogP contribution in [0.1, 0.15) is 16.1 Å². The number of halogens is 2. The molecule has 0 saturated heterocycles. The molecule has 1 aromatic carbocycles. The molecule has 1 heterocycles. The lowest BCUT2D eigenvalue weighted by atomic mass is 10.3. The molecule has 0 saturated carbocycles. The van der Waals surface area contributed by atoms with Gasteiger partial charge in [-0.3, -0.25) is 10.2 Å². The number of hydrogen-bond donors (Lipinski definition) is 2. The SMILES string of the molecule is NNC(=O)c1coc(COc2ccc(Cl)c(Cl)c2)c1. The molecule has 100 valence electrons. The summed E-state index contributed by atoms with van der Waals surface area (Å²) in [6.07, 6.45) is 1.30. The molecule has 2 aromatic rings. The topological polar surface area (TPSA) is 77.5 Å². The molecule has 5 nitrogen and oxygen atoms in total. The van der Waals surface area contributed by atoms with E-state index in [-0.39, 0.29) is 6.61 Å². The monoisotopic (exact) mass is 300 g/mol. The van der Waals surface area contributed by atoms with Crippen molar-refractivity contribution in [2.75, 3.05) is 0 Å². The van der Waals surface area contributed by atoms with Crippen molar-refractivity contribution in [3.05, 3.63) is 51.9 Å². The van der Waals surface area contributed by atoms with Gasteiger partial charge in [0.25, 0.3) is 5.91 Å². The van der Waals surface area contributed by atoms with Crippen LogP contribution in [0.15, 0.2) is 34.9 Å². The molecular weight excluding hydrogens is 291 g/mol. The van der Waals surface area contributed by atoms with Crippen molar-refractivity contribution >= 4 is 29.1 Å². The van der Waals surface area contributed by atoms with Crippen molar-refractivity contribution < 1.29 is 13.9 Å². The Morgan fingerprint density at radius 1 is 1.32 bits per heavy atom. The molecule has 0 radical (unpaired) electrons. The molecule has 0 spiro atoms. The van der Waals surface area contributed by atoms with E-state index in [0.29, 0.717) is 27.1 Å². The summed E-state index contributed by atoms with van der Waals surface area (Å²) in [6.45, 7) is 0.163. The molecular formula is C12H10Cl2N2O3. The fraction of sp³-hybridized carbons (Fsp3) is 0.0833. The first-order valence-corrected chi connectivity index (χ1v) is 6.02. The van der Waals surface area contributed by atoms with Crippen molar-refractivity contribution in [2.45, 2.75) is 6.61 Å². The van der Waals surface area contributed by atoms with Crippen LogP contribution in [0, 0.1) is 0 Å².